The fourth-order valence-electron chi connectivity index (χ4n) is 3.05. The summed E-state index contributed by atoms with van der Waals surface area (Å²) in [5.74, 6) is 1.06. The third-order valence-corrected chi connectivity index (χ3v) is 4.36. The van der Waals surface area contributed by atoms with E-state index in [4.69, 9.17) is 0 Å². The number of likely N-dealkylation sites (N-methyl/N-ethyl adjacent to an activating group) is 2. The van der Waals surface area contributed by atoms with E-state index in [1.165, 1.54) is 17.7 Å². The second-order valence-electron chi connectivity index (χ2n) is 5.78. The first-order valence-electron chi connectivity index (χ1n) is 7.19. The molecule has 1 N–H and O–H groups in total. The van der Waals surface area contributed by atoms with Crippen LogP contribution in [0.4, 0.5) is 5.82 Å². The van der Waals surface area contributed by atoms with Crippen LogP contribution in [0.25, 0.3) is 0 Å². The fraction of sp³-hybridized carbons (Fsp3) is 0.714. The third-order valence-electron chi connectivity index (χ3n) is 4.36. The van der Waals surface area contributed by atoms with Crippen molar-refractivity contribution in [2.75, 3.05) is 45.6 Å². The van der Waals surface area contributed by atoms with E-state index >= 15 is 0 Å². The van der Waals surface area contributed by atoms with Crippen molar-refractivity contribution in [1.82, 2.24) is 19.8 Å². The molecule has 0 saturated carbocycles. The van der Waals surface area contributed by atoms with Gasteiger partial charge in [0, 0.05) is 43.5 Å². The number of rotatable bonds is 3. The van der Waals surface area contributed by atoms with Crippen molar-refractivity contribution >= 4 is 5.82 Å². The number of aromatic nitrogens is 2. The van der Waals surface area contributed by atoms with Crippen LogP contribution in [0.5, 0.6) is 0 Å². The highest BCUT2D eigenvalue weighted by Crippen LogP contribution is 2.25. The molecule has 1 aromatic rings. The fourth-order valence-corrected chi connectivity index (χ4v) is 3.05. The average Bonchev–Trinajstić information content (AvgIpc) is 2.88. The maximum Gasteiger partial charge on any atom is 0.132 e. The van der Waals surface area contributed by atoms with E-state index in [1.807, 2.05) is 0 Å². The van der Waals surface area contributed by atoms with E-state index in [2.05, 4.69) is 39.2 Å². The lowest BCUT2D eigenvalue weighted by Crippen LogP contribution is -2.52. The van der Waals surface area contributed by atoms with Crippen molar-refractivity contribution < 1.29 is 0 Å². The summed E-state index contributed by atoms with van der Waals surface area (Å²) in [6.45, 7) is 4.39. The van der Waals surface area contributed by atoms with Crippen molar-refractivity contribution in [2.24, 2.45) is 0 Å². The van der Waals surface area contributed by atoms with Crippen LogP contribution in [-0.2, 0) is 12.8 Å². The Kier molecular flexibility index (Phi) is 3.66. The molecule has 104 valence electrons. The Morgan fingerprint density at radius 3 is 3.05 bits per heavy atom. The SMILES string of the molecule is CN1CCN(C)C(CNc2ncnc3c2CCC3)C1. The molecule has 1 atom stereocenters. The van der Waals surface area contributed by atoms with Gasteiger partial charge in [-0.1, -0.05) is 0 Å². The molecule has 1 aromatic heterocycles. The average molecular weight is 261 g/mol. The van der Waals surface area contributed by atoms with E-state index < -0.39 is 0 Å². The molecule has 5 heteroatoms. The molecule has 0 amide bonds. The van der Waals surface area contributed by atoms with E-state index in [1.54, 1.807) is 6.33 Å². The predicted molar refractivity (Wildman–Crippen MR) is 76.5 cm³/mol. The minimum atomic E-state index is 0.561. The smallest absolute Gasteiger partial charge is 0.132 e. The largest absolute Gasteiger partial charge is 0.368 e. The van der Waals surface area contributed by atoms with Crippen molar-refractivity contribution in [1.29, 1.82) is 0 Å². The Bertz CT molecular complexity index is 447. The number of piperazine rings is 1. The summed E-state index contributed by atoms with van der Waals surface area (Å²) in [4.78, 5) is 13.6. The summed E-state index contributed by atoms with van der Waals surface area (Å²) in [6.07, 6.45) is 5.15. The van der Waals surface area contributed by atoms with Gasteiger partial charge >= 0.3 is 0 Å². The standard InChI is InChI=1S/C14H23N5/c1-18-6-7-19(2)11(9-18)8-15-14-12-4-3-5-13(12)16-10-17-14/h10-11H,3-9H2,1-2H3,(H,15,16,17). The van der Waals surface area contributed by atoms with Crippen molar-refractivity contribution in [3.05, 3.63) is 17.6 Å². The first-order valence-corrected chi connectivity index (χ1v) is 7.19. The van der Waals surface area contributed by atoms with Gasteiger partial charge in [0.25, 0.3) is 0 Å². The number of nitrogens with zero attached hydrogens (tertiary/aromatic N) is 4. The summed E-state index contributed by atoms with van der Waals surface area (Å²) in [5.41, 5.74) is 2.58. The van der Waals surface area contributed by atoms with Gasteiger partial charge in [-0.05, 0) is 33.4 Å². The second kappa shape index (κ2) is 5.43. The van der Waals surface area contributed by atoms with Gasteiger partial charge in [-0.15, -0.1) is 0 Å². The van der Waals surface area contributed by atoms with Crippen LogP contribution >= 0.6 is 0 Å². The highest BCUT2D eigenvalue weighted by molar-refractivity contribution is 5.48. The molecule has 0 bridgehead atoms. The number of hydrogen-bond acceptors (Lipinski definition) is 5. The maximum absolute atomic E-state index is 4.42. The van der Waals surface area contributed by atoms with Crippen LogP contribution < -0.4 is 5.32 Å². The number of nitrogens with one attached hydrogen (secondary N) is 1. The zero-order chi connectivity index (χ0) is 13.2. The number of fused-ring (bicyclic) bond motifs is 1. The zero-order valence-corrected chi connectivity index (χ0v) is 11.9. The van der Waals surface area contributed by atoms with Gasteiger partial charge in [0.1, 0.15) is 12.1 Å². The van der Waals surface area contributed by atoms with Crippen LogP contribution in [0.3, 0.4) is 0 Å². The molecule has 1 fully saturated rings. The lowest BCUT2D eigenvalue weighted by molar-refractivity contribution is 0.122. The molecule has 0 spiro atoms. The molecule has 2 heterocycles. The highest BCUT2D eigenvalue weighted by atomic mass is 15.3. The first-order chi connectivity index (χ1) is 9.24. The van der Waals surface area contributed by atoms with Gasteiger partial charge in [-0.2, -0.15) is 0 Å². The van der Waals surface area contributed by atoms with Crippen LogP contribution in [0.2, 0.25) is 0 Å². The van der Waals surface area contributed by atoms with Crippen molar-refractivity contribution in [2.45, 2.75) is 25.3 Å². The monoisotopic (exact) mass is 261 g/mol. The topological polar surface area (TPSA) is 44.3 Å². The van der Waals surface area contributed by atoms with Gasteiger partial charge in [0.05, 0.1) is 0 Å². The Labute approximate surface area is 115 Å². The summed E-state index contributed by atoms with van der Waals surface area (Å²) in [7, 11) is 4.41. The first kappa shape index (κ1) is 12.8. The lowest BCUT2D eigenvalue weighted by Gasteiger charge is -2.37. The van der Waals surface area contributed by atoms with Gasteiger partial charge in [-0.3, -0.25) is 4.90 Å². The minimum Gasteiger partial charge on any atom is -0.368 e. The van der Waals surface area contributed by atoms with Crippen LogP contribution in [0, 0.1) is 0 Å². The molecule has 19 heavy (non-hydrogen) atoms. The van der Waals surface area contributed by atoms with E-state index in [0.717, 1.165) is 44.8 Å². The molecule has 1 aliphatic carbocycles. The van der Waals surface area contributed by atoms with Crippen LogP contribution in [0.15, 0.2) is 6.33 Å². The number of aryl methyl sites for hydroxylation is 1. The zero-order valence-electron chi connectivity index (χ0n) is 11.9. The molecular weight excluding hydrogens is 238 g/mol. The van der Waals surface area contributed by atoms with Gasteiger partial charge in [0.2, 0.25) is 0 Å². The number of anilines is 1. The summed E-state index contributed by atoms with van der Waals surface area (Å²) < 4.78 is 0. The molecule has 5 nitrogen and oxygen atoms in total. The van der Waals surface area contributed by atoms with E-state index in [0.29, 0.717) is 6.04 Å². The molecule has 1 unspecified atom stereocenters. The van der Waals surface area contributed by atoms with Gasteiger partial charge in [-0.25, -0.2) is 9.97 Å². The van der Waals surface area contributed by atoms with Crippen LogP contribution in [-0.4, -0.2) is 66.1 Å². The van der Waals surface area contributed by atoms with E-state index in [-0.39, 0.29) is 0 Å². The normalized spacial score (nSPS) is 24.4. The van der Waals surface area contributed by atoms with Crippen molar-refractivity contribution in [3.63, 3.8) is 0 Å². The summed E-state index contributed by atoms with van der Waals surface area (Å²) in [5, 5.41) is 3.55. The molecule has 1 saturated heterocycles. The van der Waals surface area contributed by atoms with Crippen molar-refractivity contribution in [3.8, 4) is 0 Å². The summed E-state index contributed by atoms with van der Waals surface area (Å²) in [6, 6.07) is 0.561. The Morgan fingerprint density at radius 2 is 2.16 bits per heavy atom. The Balaban J connectivity index is 1.64. The molecule has 0 aromatic carbocycles. The predicted octanol–water partition coefficient (Wildman–Crippen LogP) is 0.623. The summed E-state index contributed by atoms with van der Waals surface area (Å²) >= 11 is 0. The van der Waals surface area contributed by atoms with Gasteiger partial charge in [0.15, 0.2) is 0 Å². The quantitative estimate of drug-likeness (QED) is 0.864. The Hall–Kier alpha value is -1.20. The molecule has 0 radical (unpaired) electrons. The molecule has 2 aliphatic rings. The highest BCUT2D eigenvalue weighted by Gasteiger charge is 2.23. The second-order valence-corrected chi connectivity index (χ2v) is 5.78. The maximum atomic E-state index is 4.42. The van der Waals surface area contributed by atoms with E-state index in [9.17, 15) is 0 Å². The molecular formula is C14H23N5. The lowest BCUT2D eigenvalue weighted by atomic mass is 10.1. The Morgan fingerprint density at radius 1 is 1.26 bits per heavy atom. The molecule has 1 aliphatic heterocycles. The third kappa shape index (κ3) is 2.72. The van der Waals surface area contributed by atoms with Crippen LogP contribution in [0.1, 0.15) is 17.7 Å². The molecule has 3 rings (SSSR count). The minimum absolute atomic E-state index is 0.561. The number of hydrogen-bond donors (Lipinski definition) is 1. The van der Waals surface area contributed by atoms with Gasteiger partial charge < -0.3 is 10.2 Å².